The molecule has 1 aliphatic heterocycles. The zero-order valence-corrected chi connectivity index (χ0v) is 12.7. The summed E-state index contributed by atoms with van der Waals surface area (Å²) in [5.74, 6) is 1.22. The largest absolute Gasteiger partial charge is 0.381 e. The molecule has 104 valence electrons. The monoisotopic (exact) mass is 283 g/mol. The highest BCUT2D eigenvalue weighted by molar-refractivity contribution is 8.00. The minimum absolute atomic E-state index is 0.618. The maximum atomic E-state index is 3.74. The molecule has 1 nitrogen and oxygen atoms in total. The van der Waals surface area contributed by atoms with E-state index in [1.54, 1.807) is 0 Å². The second-order valence-electron chi connectivity index (χ2n) is 5.54. The molecule has 0 aliphatic carbocycles. The predicted molar refractivity (Wildman–Crippen MR) is 89.6 cm³/mol. The van der Waals surface area contributed by atoms with E-state index in [9.17, 15) is 0 Å². The molecule has 0 amide bonds. The molecule has 2 heteroatoms. The summed E-state index contributed by atoms with van der Waals surface area (Å²) in [7, 11) is 0. The second kappa shape index (κ2) is 6.36. The number of anilines is 1. The third-order valence-corrected chi connectivity index (χ3v) is 5.17. The van der Waals surface area contributed by atoms with E-state index in [1.807, 2.05) is 0 Å². The fraction of sp³-hybridized carbons (Fsp3) is 0.333. The summed E-state index contributed by atoms with van der Waals surface area (Å²) in [6, 6.07) is 20.0. The van der Waals surface area contributed by atoms with Gasteiger partial charge in [-0.05, 0) is 30.0 Å². The molecular weight excluding hydrogens is 262 g/mol. The number of benzene rings is 2. The first-order valence-corrected chi connectivity index (χ1v) is 8.36. The molecule has 0 bridgehead atoms. The SMILES string of the molecule is CC1CC(Nc2ccccc2Cc2ccccc2)CS1. The third-order valence-electron chi connectivity index (χ3n) is 3.81. The number of nitrogens with one attached hydrogen (secondary N) is 1. The third kappa shape index (κ3) is 3.37. The highest BCUT2D eigenvalue weighted by Crippen LogP contribution is 2.29. The van der Waals surface area contributed by atoms with Gasteiger partial charge < -0.3 is 5.32 Å². The molecule has 1 heterocycles. The number of para-hydroxylation sites is 1. The first kappa shape index (κ1) is 13.6. The van der Waals surface area contributed by atoms with E-state index in [4.69, 9.17) is 0 Å². The van der Waals surface area contributed by atoms with Crippen LogP contribution < -0.4 is 5.32 Å². The molecule has 1 fully saturated rings. The van der Waals surface area contributed by atoms with Gasteiger partial charge in [-0.2, -0.15) is 11.8 Å². The van der Waals surface area contributed by atoms with E-state index in [1.165, 1.54) is 29.0 Å². The molecule has 0 aromatic heterocycles. The highest BCUT2D eigenvalue weighted by atomic mass is 32.2. The summed E-state index contributed by atoms with van der Waals surface area (Å²) in [5.41, 5.74) is 4.07. The van der Waals surface area contributed by atoms with Crippen molar-refractivity contribution in [2.75, 3.05) is 11.1 Å². The first-order chi connectivity index (χ1) is 9.81. The van der Waals surface area contributed by atoms with Crippen LogP contribution in [0.15, 0.2) is 54.6 Å². The van der Waals surface area contributed by atoms with Crippen molar-refractivity contribution in [2.24, 2.45) is 0 Å². The van der Waals surface area contributed by atoms with E-state index in [2.05, 4.69) is 78.6 Å². The van der Waals surface area contributed by atoms with Crippen LogP contribution in [0, 0.1) is 0 Å². The topological polar surface area (TPSA) is 12.0 Å². The Hall–Kier alpha value is -1.41. The van der Waals surface area contributed by atoms with Crippen molar-refractivity contribution in [3.8, 4) is 0 Å². The number of rotatable bonds is 4. The number of hydrogen-bond acceptors (Lipinski definition) is 2. The van der Waals surface area contributed by atoms with Crippen molar-refractivity contribution in [3.63, 3.8) is 0 Å². The van der Waals surface area contributed by atoms with Crippen molar-refractivity contribution >= 4 is 17.4 Å². The lowest BCUT2D eigenvalue weighted by atomic mass is 10.0. The molecule has 3 rings (SSSR count). The molecule has 1 saturated heterocycles. The van der Waals surface area contributed by atoms with Crippen LogP contribution in [-0.2, 0) is 6.42 Å². The Labute approximate surface area is 125 Å². The van der Waals surface area contributed by atoms with Gasteiger partial charge in [0.15, 0.2) is 0 Å². The minimum Gasteiger partial charge on any atom is -0.381 e. The molecular formula is C18H21NS. The molecule has 2 aromatic carbocycles. The lowest BCUT2D eigenvalue weighted by Gasteiger charge is -2.17. The standard InChI is InChI=1S/C18H21NS/c1-14-11-17(13-20-14)19-18-10-6-5-9-16(18)12-15-7-3-2-4-8-15/h2-10,14,17,19H,11-13H2,1H3. The van der Waals surface area contributed by atoms with Gasteiger partial charge in [-0.1, -0.05) is 55.5 Å². The number of thioether (sulfide) groups is 1. The molecule has 20 heavy (non-hydrogen) atoms. The van der Waals surface area contributed by atoms with Gasteiger partial charge in [0, 0.05) is 22.7 Å². The zero-order chi connectivity index (χ0) is 13.8. The van der Waals surface area contributed by atoms with Gasteiger partial charge in [0.1, 0.15) is 0 Å². The van der Waals surface area contributed by atoms with Crippen molar-refractivity contribution in [1.82, 2.24) is 0 Å². The summed E-state index contributed by atoms with van der Waals surface area (Å²) in [4.78, 5) is 0. The number of hydrogen-bond donors (Lipinski definition) is 1. The maximum Gasteiger partial charge on any atom is 0.0378 e. The Bertz CT molecular complexity index is 552. The normalized spacial score (nSPS) is 21.9. The van der Waals surface area contributed by atoms with Crippen LogP contribution in [0.25, 0.3) is 0 Å². The van der Waals surface area contributed by atoms with Crippen molar-refractivity contribution in [3.05, 3.63) is 65.7 Å². The molecule has 1 N–H and O–H groups in total. The van der Waals surface area contributed by atoms with Gasteiger partial charge in [0.05, 0.1) is 0 Å². The van der Waals surface area contributed by atoms with Crippen molar-refractivity contribution < 1.29 is 0 Å². The Morgan fingerprint density at radius 2 is 1.80 bits per heavy atom. The van der Waals surface area contributed by atoms with Crippen LogP contribution in [-0.4, -0.2) is 17.0 Å². The van der Waals surface area contributed by atoms with Crippen molar-refractivity contribution in [1.29, 1.82) is 0 Å². The van der Waals surface area contributed by atoms with Gasteiger partial charge in [0.2, 0.25) is 0 Å². The molecule has 0 radical (unpaired) electrons. The Balaban J connectivity index is 1.74. The molecule has 2 aromatic rings. The van der Waals surface area contributed by atoms with Crippen molar-refractivity contribution in [2.45, 2.75) is 31.1 Å². The van der Waals surface area contributed by atoms with E-state index < -0.39 is 0 Å². The second-order valence-corrected chi connectivity index (χ2v) is 7.01. The molecule has 0 saturated carbocycles. The van der Waals surface area contributed by atoms with Crippen LogP contribution in [0.4, 0.5) is 5.69 Å². The Morgan fingerprint density at radius 3 is 2.55 bits per heavy atom. The van der Waals surface area contributed by atoms with Gasteiger partial charge in [0.25, 0.3) is 0 Å². The highest BCUT2D eigenvalue weighted by Gasteiger charge is 2.22. The molecule has 2 unspecified atom stereocenters. The fourth-order valence-electron chi connectivity index (χ4n) is 2.77. The van der Waals surface area contributed by atoms with Crippen LogP contribution in [0.1, 0.15) is 24.5 Å². The minimum atomic E-state index is 0.618. The summed E-state index contributed by atoms with van der Waals surface area (Å²) in [5, 5.41) is 4.53. The zero-order valence-electron chi connectivity index (χ0n) is 11.9. The average Bonchev–Trinajstić information content (AvgIpc) is 2.88. The smallest absolute Gasteiger partial charge is 0.0378 e. The predicted octanol–water partition coefficient (Wildman–Crippen LogP) is 4.58. The Morgan fingerprint density at radius 1 is 1.05 bits per heavy atom. The van der Waals surface area contributed by atoms with Gasteiger partial charge in [-0.25, -0.2) is 0 Å². The van der Waals surface area contributed by atoms with Crippen LogP contribution in [0.2, 0.25) is 0 Å². The van der Waals surface area contributed by atoms with Crippen LogP contribution in [0.3, 0.4) is 0 Å². The average molecular weight is 283 g/mol. The molecule has 0 spiro atoms. The summed E-state index contributed by atoms with van der Waals surface area (Å²) >= 11 is 2.07. The van der Waals surface area contributed by atoms with Gasteiger partial charge in [-0.3, -0.25) is 0 Å². The summed E-state index contributed by atoms with van der Waals surface area (Å²) in [6.07, 6.45) is 2.27. The van der Waals surface area contributed by atoms with E-state index in [0.717, 1.165) is 11.7 Å². The lowest BCUT2D eigenvalue weighted by Crippen LogP contribution is -2.19. The quantitative estimate of drug-likeness (QED) is 0.881. The first-order valence-electron chi connectivity index (χ1n) is 7.31. The Kier molecular flexibility index (Phi) is 4.31. The van der Waals surface area contributed by atoms with E-state index in [0.29, 0.717) is 6.04 Å². The van der Waals surface area contributed by atoms with E-state index >= 15 is 0 Å². The van der Waals surface area contributed by atoms with Gasteiger partial charge in [-0.15, -0.1) is 0 Å². The van der Waals surface area contributed by atoms with Gasteiger partial charge >= 0.3 is 0 Å². The summed E-state index contributed by atoms with van der Waals surface area (Å²) in [6.45, 7) is 2.32. The van der Waals surface area contributed by atoms with Crippen LogP contribution in [0.5, 0.6) is 0 Å². The van der Waals surface area contributed by atoms with Crippen LogP contribution >= 0.6 is 11.8 Å². The van der Waals surface area contributed by atoms with E-state index in [-0.39, 0.29) is 0 Å². The molecule has 2 atom stereocenters. The maximum absolute atomic E-state index is 3.74. The lowest BCUT2D eigenvalue weighted by molar-refractivity contribution is 0.746. The summed E-state index contributed by atoms with van der Waals surface area (Å²) < 4.78 is 0. The molecule has 1 aliphatic rings. The fourth-order valence-corrected chi connectivity index (χ4v) is 3.92.